The molecule has 0 aliphatic carbocycles. The Labute approximate surface area is 96.9 Å². The lowest BCUT2D eigenvalue weighted by Crippen LogP contribution is -2.35. The van der Waals surface area contributed by atoms with E-state index in [1.54, 1.807) is 0 Å². The molecule has 0 unspecified atom stereocenters. The second-order valence-corrected chi connectivity index (χ2v) is 4.50. The molecule has 2 rings (SSSR count). The maximum absolute atomic E-state index is 11.1. The monoisotopic (exact) mass is 269 g/mol. The minimum Gasteiger partial charge on any atom is -0.449 e. The topological polar surface area (TPSA) is 38.3 Å². The molecule has 1 N–H and O–H groups in total. The van der Waals surface area contributed by atoms with Crippen molar-refractivity contribution in [3.8, 4) is 0 Å². The van der Waals surface area contributed by atoms with E-state index in [0.29, 0.717) is 6.61 Å². The molecule has 1 aliphatic rings. The molecule has 1 heterocycles. The summed E-state index contributed by atoms with van der Waals surface area (Å²) in [6, 6.07) is 6.19. The van der Waals surface area contributed by atoms with Crippen LogP contribution < -0.4 is 5.32 Å². The van der Waals surface area contributed by atoms with E-state index in [1.165, 1.54) is 5.56 Å². The summed E-state index contributed by atoms with van der Waals surface area (Å²) in [6.45, 7) is 2.52. The first-order chi connectivity index (χ1) is 7.16. The summed E-state index contributed by atoms with van der Waals surface area (Å²) >= 11 is 3.51. The Balaban J connectivity index is 2.24. The summed E-state index contributed by atoms with van der Waals surface area (Å²) in [6.07, 6.45) is 0.478. The number of cyclic esters (lactones) is 1. The number of carbonyl (C=O) groups excluding carboxylic acids is 1. The first kappa shape index (κ1) is 10.5. The molecule has 1 aromatic rings. The van der Waals surface area contributed by atoms with Crippen LogP contribution in [0.4, 0.5) is 4.79 Å². The predicted octanol–water partition coefficient (Wildman–Crippen LogP) is 2.93. The molecule has 4 heteroatoms. The first-order valence-electron chi connectivity index (χ1n) is 4.86. The van der Waals surface area contributed by atoms with Crippen LogP contribution in [0, 0.1) is 6.92 Å². The average Bonchev–Trinajstić information content (AvgIpc) is 2.17. The van der Waals surface area contributed by atoms with Crippen molar-refractivity contribution in [3.63, 3.8) is 0 Å². The number of halogens is 1. The molecular weight excluding hydrogens is 258 g/mol. The normalized spacial score (nSPS) is 20.7. The highest BCUT2D eigenvalue weighted by molar-refractivity contribution is 9.10. The van der Waals surface area contributed by atoms with Gasteiger partial charge in [-0.05, 0) is 24.1 Å². The Bertz CT molecular complexity index is 392. The van der Waals surface area contributed by atoms with Gasteiger partial charge in [0.1, 0.15) is 0 Å². The molecule has 0 bridgehead atoms. The van der Waals surface area contributed by atoms with Crippen LogP contribution in [0.5, 0.6) is 0 Å². The first-order valence-corrected chi connectivity index (χ1v) is 5.65. The molecule has 1 fully saturated rings. The van der Waals surface area contributed by atoms with Crippen LogP contribution in [0.1, 0.15) is 23.6 Å². The molecule has 0 aromatic heterocycles. The zero-order valence-corrected chi connectivity index (χ0v) is 10.0. The van der Waals surface area contributed by atoms with Gasteiger partial charge in [0.15, 0.2) is 0 Å². The second kappa shape index (κ2) is 4.23. The smallest absolute Gasteiger partial charge is 0.407 e. The van der Waals surface area contributed by atoms with Crippen molar-refractivity contribution >= 4 is 22.0 Å². The van der Waals surface area contributed by atoms with Crippen LogP contribution in [0.15, 0.2) is 22.7 Å². The van der Waals surface area contributed by atoms with Crippen molar-refractivity contribution in [2.24, 2.45) is 0 Å². The van der Waals surface area contributed by atoms with E-state index in [9.17, 15) is 4.79 Å². The third-order valence-electron chi connectivity index (χ3n) is 2.46. The Morgan fingerprint density at radius 2 is 2.33 bits per heavy atom. The molecular formula is C11H12BrNO2. The van der Waals surface area contributed by atoms with E-state index in [2.05, 4.69) is 27.3 Å². The number of rotatable bonds is 1. The fourth-order valence-electron chi connectivity index (χ4n) is 1.67. The molecule has 3 nitrogen and oxygen atoms in total. The van der Waals surface area contributed by atoms with E-state index in [-0.39, 0.29) is 12.1 Å². The van der Waals surface area contributed by atoms with Gasteiger partial charge in [-0.25, -0.2) is 4.79 Å². The minimum absolute atomic E-state index is 0.0567. The van der Waals surface area contributed by atoms with Crippen molar-refractivity contribution in [2.75, 3.05) is 6.61 Å². The summed E-state index contributed by atoms with van der Waals surface area (Å²) < 4.78 is 5.86. The van der Waals surface area contributed by atoms with Gasteiger partial charge in [-0.1, -0.05) is 28.1 Å². The molecule has 1 saturated heterocycles. The molecule has 15 heavy (non-hydrogen) atoms. The van der Waals surface area contributed by atoms with Gasteiger partial charge in [0.25, 0.3) is 0 Å². The van der Waals surface area contributed by atoms with Gasteiger partial charge in [0.2, 0.25) is 0 Å². The SMILES string of the molecule is Cc1ccc([C@H]2CCOC(=O)N2)c(Br)c1. The van der Waals surface area contributed by atoms with Crippen molar-refractivity contribution in [3.05, 3.63) is 33.8 Å². The van der Waals surface area contributed by atoms with Crippen LogP contribution in [0.3, 0.4) is 0 Å². The van der Waals surface area contributed by atoms with E-state index < -0.39 is 0 Å². The van der Waals surface area contributed by atoms with Crippen LogP contribution in [0.2, 0.25) is 0 Å². The fourth-order valence-corrected chi connectivity index (χ4v) is 2.44. The lowest BCUT2D eigenvalue weighted by atomic mass is 10.0. The van der Waals surface area contributed by atoms with Crippen LogP contribution >= 0.6 is 15.9 Å². The number of hydrogen-bond donors (Lipinski definition) is 1. The summed E-state index contributed by atoms with van der Waals surface area (Å²) in [4.78, 5) is 11.1. The highest BCUT2D eigenvalue weighted by Crippen LogP contribution is 2.28. The summed E-state index contributed by atoms with van der Waals surface area (Å²) in [5, 5.41) is 2.80. The Morgan fingerprint density at radius 1 is 1.53 bits per heavy atom. The van der Waals surface area contributed by atoms with Gasteiger partial charge in [-0.2, -0.15) is 0 Å². The van der Waals surface area contributed by atoms with Gasteiger partial charge in [-0.3, -0.25) is 0 Å². The van der Waals surface area contributed by atoms with Crippen molar-refractivity contribution in [1.29, 1.82) is 0 Å². The van der Waals surface area contributed by atoms with Gasteiger partial charge in [0.05, 0.1) is 12.6 Å². The lowest BCUT2D eigenvalue weighted by molar-refractivity contribution is 0.115. The number of amides is 1. The minimum atomic E-state index is -0.335. The van der Waals surface area contributed by atoms with E-state index in [4.69, 9.17) is 4.74 Å². The Morgan fingerprint density at radius 3 is 3.00 bits per heavy atom. The molecule has 1 amide bonds. The number of carbonyl (C=O) groups is 1. The second-order valence-electron chi connectivity index (χ2n) is 3.65. The third kappa shape index (κ3) is 2.31. The number of nitrogens with one attached hydrogen (secondary N) is 1. The summed E-state index contributed by atoms with van der Waals surface area (Å²) in [5.74, 6) is 0. The van der Waals surface area contributed by atoms with Gasteiger partial charge in [-0.15, -0.1) is 0 Å². The Kier molecular flexibility index (Phi) is 2.95. The van der Waals surface area contributed by atoms with E-state index in [1.807, 2.05) is 19.1 Å². The fraction of sp³-hybridized carbons (Fsp3) is 0.364. The molecule has 1 atom stereocenters. The standard InChI is InChI=1S/C11H12BrNO2/c1-7-2-3-8(9(12)6-7)10-4-5-15-11(14)13-10/h2-3,6,10H,4-5H2,1H3,(H,13,14)/t10-/m1/s1. The van der Waals surface area contributed by atoms with Crippen molar-refractivity contribution < 1.29 is 9.53 Å². The number of aryl methyl sites for hydroxylation is 1. The molecule has 0 radical (unpaired) electrons. The summed E-state index contributed by atoms with van der Waals surface area (Å²) in [5.41, 5.74) is 2.31. The van der Waals surface area contributed by atoms with Gasteiger partial charge < -0.3 is 10.1 Å². The molecule has 1 aromatic carbocycles. The molecule has 80 valence electrons. The molecule has 0 spiro atoms. The maximum atomic E-state index is 11.1. The van der Waals surface area contributed by atoms with Crippen molar-refractivity contribution in [2.45, 2.75) is 19.4 Å². The van der Waals surface area contributed by atoms with E-state index in [0.717, 1.165) is 16.5 Å². The highest BCUT2D eigenvalue weighted by atomic mass is 79.9. The van der Waals surface area contributed by atoms with Gasteiger partial charge in [0, 0.05) is 10.9 Å². The van der Waals surface area contributed by atoms with E-state index >= 15 is 0 Å². The predicted molar refractivity (Wildman–Crippen MR) is 60.7 cm³/mol. The van der Waals surface area contributed by atoms with Crippen LogP contribution in [-0.4, -0.2) is 12.7 Å². The lowest BCUT2D eigenvalue weighted by Gasteiger charge is -2.24. The van der Waals surface area contributed by atoms with Crippen LogP contribution in [0.25, 0.3) is 0 Å². The average molecular weight is 270 g/mol. The number of ether oxygens (including phenoxy) is 1. The quantitative estimate of drug-likeness (QED) is 0.852. The maximum Gasteiger partial charge on any atom is 0.407 e. The van der Waals surface area contributed by atoms with Crippen molar-refractivity contribution in [1.82, 2.24) is 5.32 Å². The van der Waals surface area contributed by atoms with Crippen LogP contribution in [-0.2, 0) is 4.74 Å². The molecule has 1 aliphatic heterocycles. The Hall–Kier alpha value is -1.03. The third-order valence-corrected chi connectivity index (χ3v) is 3.15. The number of benzene rings is 1. The van der Waals surface area contributed by atoms with Gasteiger partial charge >= 0.3 is 6.09 Å². The number of alkyl carbamates (subject to hydrolysis) is 1. The molecule has 0 saturated carbocycles. The highest BCUT2D eigenvalue weighted by Gasteiger charge is 2.22. The zero-order chi connectivity index (χ0) is 10.8. The zero-order valence-electron chi connectivity index (χ0n) is 8.42. The number of hydrogen-bond acceptors (Lipinski definition) is 2. The summed E-state index contributed by atoms with van der Waals surface area (Å²) in [7, 11) is 0. The largest absolute Gasteiger partial charge is 0.449 e.